The van der Waals surface area contributed by atoms with Crippen LogP contribution in [0.1, 0.15) is 44.6 Å². The molecule has 2 aliphatic rings. The Bertz CT molecular complexity index is 795. The summed E-state index contributed by atoms with van der Waals surface area (Å²) in [5.74, 6) is -0.920. The molecule has 1 heterocycles. The van der Waals surface area contributed by atoms with Gasteiger partial charge in [-0.15, -0.1) is 0 Å². The van der Waals surface area contributed by atoms with E-state index in [2.05, 4.69) is 12.2 Å². The maximum Gasteiger partial charge on any atom is 0.331 e. The number of fused-ring (bicyclic) bond motifs is 1. The summed E-state index contributed by atoms with van der Waals surface area (Å²) in [5, 5.41) is 10.2. The molecule has 5 atom stereocenters. The van der Waals surface area contributed by atoms with Crippen LogP contribution in [0.4, 0.5) is 0 Å². The summed E-state index contributed by atoms with van der Waals surface area (Å²) in [4.78, 5) is 24.6. The summed E-state index contributed by atoms with van der Waals surface area (Å²) in [5.41, 5.74) is 0.898. The maximum absolute atomic E-state index is 12.5. The first-order valence-corrected chi connectivity index (χ1v) is 10.7. The number of aliphatic hydroxyl groups is 1. The molecule has 1 aliphatic heterocycles. The van der Waals surface area contributed by atoms with Crippen molar-refractivity contribution >= 4 is 18.0 Å². The van der Waals surface area contributed by atoms with Crippen molar-refractivity contribution in [2.24, 2.45) is 11.8 Å². The van der Waals surface area contributed by atoms with E-state index in [9.17, 15) is 14.7 Å². The number of benzene rings is 1. The van der Waals surface area contributed by atoms with E-state index >= 15 is 0 Å². The van der Waals surface area contributed by atoms with E-state index in [0.717, 1.165) is 24.8 Å². The van der Waals surface area contributed by atoms with E-state index in [4.69, 9.17) is 9.47 Å². The third-order valence-corrected chi connectivity index (χ3v) is 5.63. The van der Waals surface area contributed by atoms with Crippen molar-refractivity contribution in [2.75, 3.05) is 0 Å². The van der Waals surface area contributed by atoms with E-state index in [1.54, 1.807) is 12.2 Å². The Kier molecular flexibility index (Phi) is 8.03. The first kappa shape index (κ1) is 22.0. The SMILES string of the molecule is C[C@H]1CCC/C=C/[C@@H]2C[C@H](O)C[C@H]2[C@H](OC(=O)/C=C/c2ccccc2)/C=C/C(=O)O1. The molecule has 1 aliphatic carbocycles. The van der Waals surface area contributed by atoms with Crippen LogP contribution in [-0.2, 0) is 19.1 Å². The van der Waals surface area contributed by atoms with Crippen LogP contribution < -0.4 is 0 Å². The van der Waals surface area contributed by atoms with Crippen LogP contribution in [-0.4, -0.2) is 35.4 Å². The predicted octanol–water partition coefficient (Wildman–Crippen LogP) is 4.23. The van der Waals surface area contributed by atoms with E-state index in [0.29, 0.717) is 12.8 Å². The van der Waals surface area contributed by atoms with Gasteiger partial charge in [-0.1, -0.05) is 42.5 Å². The summed E-state index contributed by atoms with van der Waals surface area (Å²) in [7, 11) is 0. The molecule has 3 rings (SSSR count). The summed E-state index contributed by atoms with van der Waals surface area (Å²) < 4.78 is 11.1. The van der Waals surface area contributed by atoms with Crippen LogP contribution in [0.3, 0.4) is 0 Å². The number of cyclic esters (lactones) is 1. The summed E-state index contributed by atoms with van der Waals surface area (Å²) >= 11 is 0. The molecule has 0 spiro atoms. The first-order chi connectivity index (χ1) is 14.5. The summed E-state index contributed by atoms with van der Waals surface area (Å²) in [6.07, 6.45) is 12.8. The molecule has 0 radical (unpaired) electrons. The van der Waals surface area contributed by atoms with E-state index < -0.39 is 24.1 Å². The van der Waals surface area contributed by atoms with Gasteiger partial charge in [-0.2, -0.15) is 0 Å². The van der Waals surface area contributed by atoms with Crippen molar-refractivity contribution in [3.8, 4) is 0 Å². The number of ether oxygens (including phenoxy) is 2. The van der Waals surface area contributed by atoms with Gasteiger partial charge in [0.25, 0.3) is 0 Å². The van der Waals surface area contributed by atoms with Crippen LogP contribution in [0, 0.1) is 11.8 Å². The van der Waals surface area contributed by atoms with E-state index in [1.165, 1.54) is 12.2 Å². The lowest BCUT2D eigenvalue weighted by molar-refractivity contribution is -0.145. The molecule has 1 N–H and O–H groups in total. The van der Waals surface area contributed by atoms with Crippen molar-refractivity contribution in [2.45, 2.75) is 57.3 Å². The lowest BCUT2D eigenvalue weighted by Gasteiger charge is -2.24. The van der Waals surface area contributed by atoms with Crippen LogP contribution in [0.25, 0.3) is 6.08 Å². The Morgan fingerprint density at radius 1 is 1.20 bits per heavy atom. The fraction of sp³-hybridized carbons (Fsp3) is 0.440. The molecule has 1 fully saturated rings. The molecular formula is C25H30O5. The minimum absolute atomic E-state index is 0.0902. The standard InChI is InChI=1S/C25H30O5/c1-18-8-4-2-7-11-20-16-21(26)17-22(20)23(13-15-24(27)29-18)30-25(28)14-12-19-9-5-3-6-10-19/h3,5-7,9-15,18,20-23,26H,2,4,8,16-17H2,1H3/b11-7+,14-12+,15-13+/t18-,20+,21-,22+,23+/m0/s1. The molecular weight excluding hydrogens is 380 g/mol. The Morgan fingerprint density at radius 2 is 2.00 bits per heavy atom. The van der Waals surface area contributed by atoms with Gasteiger partial charge in [-0.3, -0.25) is 0 Å². The number of esters is 2. The molecule has 160 valence electrons. The van der Waals surface area contributed by atoms with Crippen molar-refractivity contribution in [1.29, 1.82) is 0 Å². The van der Waals surface area contributed by atoms with Gasteiger partial charge in [0.2, 0.25) is 0 Å². The maximum atomic E-state index is 12.5. The number of hydrogen-bond donors (Lipinski definition) is 1. The fourth-order valence-corrected chi connectivity index (χ4v) is 4.11. The summed E-state index contributed by atoms with van der Waals surface area (Å²) in [6, 6.07) is 9.49. The highest BCUT2D eigenvalue weighted by molar-refractivity contribution is 5.87. The van der Waals surface area contributed by atoms with Gasteiger partial charge in [0, 0.05) is 18.1 Å². The van der Waals surface area contributed by atoms with Gasteiger partial charge in [-0.05, 0) is 62.7 Å². The number of allylic oxidation sites excluding steroid dienone is 2. The minimum Gasteiger partial charge on any atom is -0.460 e. The van der Waals surface area contributed by atoms with Gasteiger partial charge in [-0.25, -0.2) is 9.59 Å². The second-order valence-electron chi connectivity index (χ2n) is 8.06. The van der Waals surface area contributed by atoms with Crippen molar-refractivity contribution in [1.82, 2.24) is 0 Å². The van der Waals surface area contributed by atoms with Crippen molar-refractivity contribution in [3.05, 3.63) is 66.3 Å². The zero-order valence-electron chi connectivity index (χ0n) is 17.4. The molecule has 0 saturated heterocycles. The average molecular weight is 411 g/mol. The van der Waals surface area contributed by atoms with E-state index in [1.807, 2.05) is 37.3 Å². The first-order valence-electron chi connectivity index (χ1n) is 10.7. The minimum atomic E-state index is -0.617. The van der Waals surface area contributed by atoms with Crippen LogP contribution in [0.15, 0.2) is 60.7 Å². The second kappa shape index (κ2) is 10.9. The molecule has 0 amide bonds. The number of rotatable bonds is 3. The molecule has 0 bridgehead atoms. The average Bonchev–Trinajstić information content (AvgIpc) is 3.10. The highest BCUT2D eigenvalue weighted by atomic mass is 16.5. The third kappa shape index (κ3) is 6.70. The normalized spacial score (nSPS) is 32.2. The lowest BCUT2D eigenvalue weighted by atomic mass is 9.89. The summed E-state index contributed by atoms with van der Waals surface area (Å²) in [6.45, 7) is 1.88. The number of aliphatic hydroxyl groups excluding tert-OH is 1. The van der Waals surface area contributed by atoms with Crippen molar-refractivity contribution < 1.29 is 24.2 Å². The van der Waals surface area contributed by atoms with E-state index in [-0.39, 0.29) is 17.9 Å². The topological polar surface area (TPSA) is 72.8 Å². The quantitative estimate of drug-likeness (QED) is 0.459. The monoisotopic (exact) mass is 410 g/mol. The Hall–Kier alpha value is -2.66. The Labute approximate surface area is 178 Å². The molecule has 5 nitrogen and oxygen atoms in total. The number of hydrogen-bond acceptors (Lipinski definition) is 5. The molecule has 5 heteroatoms. The zero-order valence-corrected chi connectivity index (χ0v) is 17.4. The van der Waals surface area contributed by atoms with Crippen molar-refractivity contribution in [3.63, 3.8) is 0 Å². The van der Waals surface area contributed by atoms with Crippen LogP contribution in [0.5, 0.6) is 0 Å². The molecule has 30 heavy (non-hydrogen) atoms. The van der Waals surface area contributed by atoms with Gasteiger partial charge < -0.3 is 14.6 Å². The third-order valence-electron chi connectivity index (χ3n) is 5.63. The van der Waals surface area contributed by atoms with Gasteiger partial charge in [0.15, 0.2) is 0 Å². The molecule has 0 unspecified atom stereocenters. The lowest BCUT2D eigenvalue weighted by Crippen LogP contribution is -2.27. The molecule has 1 aromatic rings. The highest BCUT2D eigenvalue weighted by Crippen LogP contribution is 2.37. The Morgan fingerprint density at radius 3 is 2.80 bits per heavy atom. The smallest absolute Gasteiger partial charge is 0.331 e. The largest absolute Gasteiger partial charge is 0.460 e. The number of carbonyl (C=O) groups is 2. The number of carbonyl (C=O) groups excluding carboxylic acids is 2. The molecule has 1 aromatic carbocycles. The van der Waals surface area contributed by atoms with Gasteiger partial charge in [0.05, 0.1) is 12.2 Å². The van der Waals surface area contributed by atoms with Crippen LogP contribution >= 0.6 is 0 Å². The fourth-order valence-electron chi connectivity index (χ4n) is 4.11. The zero-order chi connectivity index (χ0) is 21.3. The molecule has 1 saturated carbocycles. The second-order valence-corrected chi connectivity index (χ2v) is 8.06. The molecule has 0 aromatic heterocycles. The van der Waals surface area contributed by atoms with Crippen LogP contribution in [0.2, 0.25) is 0 Å². The van der Waals surface area contributed by atoms with Gasteiger partial charge >= 0.3 is 11.9 Å². The van der Waals surface area contributed by atoms with Gasteiger partial charge in [0.1, 0.15) is 6.10 Å². The Balaban J connectivity index is 1.77. The highest BCUT2D eigenvalue weighted by Gasteiger charge is 2.37. The predicted molar refractivity (Wildman–Crippen MR) is 115 cm³/mol.